The first-order valence-electron chi connectivity index (χ1n) is 7.85. The van der Waals surface area contributed by atoms with Gasteiger partial charge in [-0.05, 0) is 49.9 Å². The van der Waals surface area contributed by atoms with E-state index in [-0.39, 0.29) is 12.0 Å². The molecule has 1 atom stereocenters. The van der Waals surface area contributed by atoms with Gasteiger partial charge in [0.15, 0.2) is 0 Å². The maximum atomic E-state index is 12.0. The zero-order valence-corrected chi connectivity index (χ0v) is 13.4. The number of carbonyl (C=O) groups is 1. The molecule has 0 aliphatic carbocycles. The normalized spacial score (nSPS) is 17.0. The van der Waals surface area contributed by atoms with Crippen LogP contribution in [-0.2, 0) is 9.53 Å². The van der Waals surface area contributed by atoms with Gasteiger partial charge < -0.3 is 15.4 Å². The van der Waals surface area contributed by atoms with E-state index in [0.29, 0.717) is 12.3 Å². The molecule has 1 saturated heterocycles. The Morgan fingerprint density at radius 1 is 1.22 bits per heavy atom. The molecule has 1 aromatic heterocycles. The fraction of sp³-hybridized carbons (Fsp3) is 0.333. The van der Waals surface area contributed by atoms with Gasteiger partial charge in [0.05, 0.1) is 11.9 Å². The molecule has 1 fully saturated rings. The minimum atomic E-state index is -0.331. The Morgan fingerprint density at radius 3 is 2.61 bits per heavy atom. The van der Waals surface area contributed by atoms with Gasteiger partial charge in [0.2, 0.25) is 0 Å². The van der Waals surface area contributed by atoms with Gasteiger partial charge in [-0.2, -0.15) is 0 Å². The van der Waals surface area contributed by atoms with Crippen LogP contribution in [0, 0.1) is 13.8 Å². The fourth-order valence-corrected chi connectivity index (χ4v) is 2.69. The van der Waals surface area contributed by atoms with Crippen molar-refractivity contribution in [2.24, 2.45) is 0 Å². The molecule has 0 radical (unpaired) electrons. The van der Waals surface area contributed by atoms with Crippen molar-refractivity contribution in [3.05, 3.63) is 47.7 Å². The summed E-state index contributed by atoms with van der Waals surface area (Å²) in [5.74, 6) is 0.650. The largest absolute Gasteiger partial charge is 0.368 e. The topological polar surface area (TPSA) is 63.2 Å². The average molecular weight is 311 g/mol. The summed E-state index contributed by atoms with van der Waals surface area (Å²) >= 11 is 0. The molecule has 1 amide bonds. The molecule has 5 nitrogen and oxygen atoms in total. The summed E-state index contributed by atoms with van der Waals surface area (Å²) in [4.78, 5) is 16.4. The minimum Gasteiger partial charge on any atom is -0.368 e. The SMILES string of the molecule is Cc1cccc(C)c1Nc1ccc(NC(=O)C2CCCO2)cn1. The number of nitrogens with zero attached hydrogens (tertiary/aromatic N) is 1. The third-order valence-corrected chi connectivity index (χ3v) is 3.99. The van der Waals surface area contributed by atoms with Gasteiger partial charge in [-0.1, -0.05) is 18.2 Å². The summed E-state index contributed by atoms with van der Waals surface area (Å²) < 4.78 is 5.37. The molecule has 1 unspecified atom stereocenters. The van der Waals surface area contributed by atoms with Crippen molar-refractivity contribution in [2.45, 2.75) is 32.8 Å². The van der Waals surface area contributed by atoms with Gasteiger partial charge in [0.25, 0.3) is 5.91 Å². The van der Waals surface area contributed by atoms with E-state index in [4.69, 9.17) is 4.74 Å². The summed E-state index contributed by atoms with van der Waals surface area (Å²) in [5, 5.41) is 6.17. The van der Waals surface area contributed by atoms with Crippen LogP contribution < -0.4 is 10.6 Å². The van der Waals surface area contributed by atoms with Crippen molar-refractivity contribution in [3.8, 4) is 0 Å². The van der Waals surface area contributed by atoms with Gasteiger partial charge in [-0.3, -0.25) is 4.79 Å². The zero-order chi connectivity index (χ0) is 16.2. The summed E-state index contributed by atoms with van der Waals surface area (Å²) in [5.41, 5.74) is 4.08. The monoisotopic (exact) mass is 311 g/mol. The van der Waals surface area contributed by atoms with Crippen LogP contribution in [0.1, 0.15) is 24.0 Å². The van der Waals surface area contributed by atoms with E-state index < -0.39 is 0 Å². The smallest absolute Gasteiger partial charge is 0.253 e. The lowest BCUT2D eigenvalue weighted by atomic mass is 10.1. The summed E-state index contributed by atoms with van der Waals surface area (Å²) in [7, 11) is 0. The Bertz CT molecular complexity index is 672. The van der Waals surface area contributed by atoms with Crippen molar-refractivity contribution < 1.29 is 9.53 Å². The van der Waals surface area contributed by atoms with Gasteiger partial charge in [0, 0.05) is 12.3 Å². The van der Waals surface area contributed by atoms with Crippen LogP contribution >= 0.6 is 0 Å². The number of rotatable bonds is 4. The molecule has 2 aromatic rings. The number of hydrogen-bond donors (Lipinski definition) is 2. The third kappa shape index (κ3) is 3.68. The van der Waals surface area contributed by atoms with Crippen LogP contribution in [0.3, 0.4) is 0 Å². The molecule has 1 aliphatic rings. The average Bonchev–Trinajstić information content (AvgIpc) is 3.07. The predicted molar refractivity (Wildman–Crippen MR) is 91.0 cm³/mol. The molecule has 2 N–H and O–H groups in total. The number of carbonyl (C=O) groups excluding carboxylic acids is 1. The van der Waals surface area contributed by atoms with E-state index in [9.17, 15) is 4.79 Å². The lowest BCUT2D eigenvalue weighted by Gasteiger charge is -2.13. The minimum absolute atomic E-state index is 0.0974. The first-order chi connectivity index (χ1) is 11.1. The van der Waals surface area contributed by atoms with Crippen LogP contribution in [0.2, 0.25) is 0 Å². The quantitative estimate of drug-likeness (QED) is 0.906. The molecule has 1 aromatic carbocycles. The van der Waals surface area contributed by atoms with Crippen molar-refractivity contribution in [1.82, 2.24) is 4.98 Å². The van der Waals surface area contributed by atoms with E-state index in [1.54, 1.807) is 6.20 Å². The van der Waals surface area contributed by atoms with Gasteiger partial charge in [-0.15, -0.1) is 0 Å². The highest BCUT2D eigenvalue weighted by Crippen LogP contribution is 2.24. The molecule has 2 heterocycles. The zero-order valence-electron chi connectivity index (χ0n) is 13.4. The number of anilines is 3. The fourth-order valence-electron chi connectivity index (χ4n) is 2.69. The molecular formula is C18H21N3O2. The summed E-state index contributed by atoms with van der Waals surface area (Å²) in [6, 6.07) is 9.86. The van der Waals surface area contributed by atoms with E-state index in [1.807, 2.05) is 18.2 Å². The van der Waals surface area contributed by atoms with Crippen molar-refractivity contribution in [3.63, 3.8) is 0 Å². The highest BCUT2D eigenvalue weighted by atomic mass is 16.5. The molecule has 120 valence electrons. The Balaban J connectivity index is 1.66. The Kier molecular flexibility index (Phi) is 4.57. The first kappa shape index (κ1) is 15.5. The van der Waals surface area contributed by atoms with Crippen LogP contribution in [-0.4, -0.2) is 23.6 Å². The summed E-state index contributed by atoms with van der Waals surface area (Å²) in [6.45, 7) is 4.78. The lowest BCUT2D eigenvalue weighted by Crippen LogP contribution is -2.26. The van der Waals surface area contributed by atoms with Crippen molar-refractivity contribution >= 4 is 23.1 Å². The Morgan fingerprint density at radius 2 is 2.00 bits per heavy atom. The summed E-state index contributed by atoms with van der Waals surface area (Å²) in [6.07, 6.45) is 3.05. The van der Waals surface area contributed by atoms with E-state index in [0.717, 1.165) is 24.3 Å². The predicted octanol–water partition coefficient (Wildman–Crippen LogP) is 3.56. The van der Waals surface area contributed by atoms with Crippen LogP contribution in [0.15, 0.2) is 36.5 Å². The number of aromatic nitrogens is 1. The molecule has 0 bridgehead atoms. The molecule has 3 rings (SSSR count). The second-order valence-corrected chi connectivity index (χ2v) is 5.81. The molecule has 1 aliphatic heterocycles. The number of pyridine rings is 1. The Hall–Kier alpha value is -2.40. The van der Waals surface area contributed by atoms with Gasteiger partial charge in [-0.25, -0.2) is 4.98 Å². The van der Waals surface area contributed by atoms with Crippen LogP contribution in [0.5, 0.6) is 0 Å². The lowest BCUT2D eigenvalue weighted by molar-refractivity contribution is -0.124. The maximum Gasteiger partial charge on any atom is 0.253 e. The number of amides is 1. The van der Waals surface area contributed by atoms with E-state index >= 15 is 0 Å². The van der Waals surface area contributed by atoms with E-state index in [2.05, 4.69) is 41.6 Å². The second kappa shape index (κ2) is 6.79. The molecule has 5 heteroatoms. The van der Waals surface area contributed by atoms with Crippen LogP contribution in [0.4, 0.5) is 17.2 Å². The highest BCUT2D eigenvalue weighted by Gasteiger charge is 2.23. The first-order valence-corrected chi connectivity index (χ1v) is 7.85. The molecule has 0 saturated carbocycles. The van der Waals surface area contributed by atoms with E-state index in [1.165, 1.54) is 11.1 Å². The van der Waals surface area contributed by atoms with Gasteiger partial charge >= 0.3 is 0 Å². The standard InChI is InChI=1S/C18H21N3O2/c1-12-5-3-6-13(2)17(12)21-16-9-8-14(11-19-16)20-18(22)15-7-4-10-23-15/h3,5-6,8-9,11,15H,4,7,10H2,1-2H3,(H,19,21)(H,20,22). The number of benzene rings is 1. The Labute approximate surface area is 136 Å². The van der Waals surface area contributed by atoms with Crippen LogP contribution in [0.25, 0.3) is 0 Å². The number of aryl methyl sites for hydroxylation is 2. The number of hydrogen-bond acceptors (Lipinski definition) is 4. The second-order valence-electron chi connectivity index (χ2n) is 5.81. The third-order valence-electron chi connectivity index (χ3n) is 3.99. The van der Waals surface area contributed by atoms with Crippen molar-refractivity contribution in [2.75, 3.05) is 17.2 Å². The number of para-hydroxylation sites is 1. The van der Waals surface area contributed by atoms with Crippen molar-refractivity contribution in [1.29, 1.82) is 0 Å². The maximum absolute atomic E-state index is 12.0. The highest BCUT2D eigenvalue weighted by molar-refractivity contribution is 5.94. The number of ether oxygens (including phenoxy) is 1. The molecule has 0 spiro atoms. The molecule has 23 heavy (non-hydrogen) atoms. The number of nitrogens with one attached hydrogen (secondary N) is 2. The van der Waals surface area contributed by atoms with Gasteiger partial charge in [0.1, 0.15) is 11.9 Å². The molecular weight excluding hydrogens is 290 g/mol.